The number of phenolic OH excluding ortho intramolecular Hbond substituents is 2. The molecule has 0 aromatic heterocycles. The highest BCUT2D eigenvalue weighted by atomic mass is 16.3. The Labute approximate surface area is 156 Å². The van der Waals surface area contributed by atoms with Gasteiger partial charge in [0.15, 0.2) is 5.78 Å². The van der Waals surface area contributed by atoms with Crippen LogP contribution in [0.15, 0.2) is 42.5 Å². The third-order valence-electron chi connectivity index (χ3n) is 4.33. The molecule has 0 heterocycles. The Kier molecular flexibility index (Phi) is 5.31. The van der Waals surface area contributed by atoms with Crippen LogP contribution < -0.4 is 0 Å². The average Bonchev–Trinajstić information content (AvgIpc) is 2.52. The van der Waals surface area contributed by atoms with Crippen LogP contribution in [0.2, 0.25) is 0 Å². The molecule has 0 atom stereocenters. The standard InChI is InChI=1S/C23H28O3/c1-22(2,3)18-13-15(14-19(21(18)26)23(4,5)6)7-12-20(25)16-8-10-17(24)11-9-16/h7-14,24,26H,1-6H3/b12-7+. The van der Waals surface area contributed by atoms with Gasteiger partial charge in [0.1, 0.15) is 11.5 Å². The molecule has 138 valence electrons. The molecule has 0 aliphatic heterocycles. The highest BCUT2D eigenvalue weighted by Gasteiger charge is 2.26. The van der Waals surface area contributed by atoms with Gasteiger partial charge in [0.2, 0.25) is 0 Å². The molecule has 0 aliphatic carbocycles. The van der Waals surface area contributed by atoms with E-state index in [1.54, 1.807) is 18.2 Å². The van der Waals surface area contributed by atoms with Crippen molar-refractivity contribution in [2.24, 2.45) is 0 Å². The second-order valence-corrected chi connectivity index (χ2v) is 8.71. The Morgan fingerprint density at radius 1 is 0.846 bits per heavy atom. The van der Waals surface area contributed by atoms with Gasteiger partial charge in [0, 0.05) is 16.7 Å². The number of benzene rings is 2. The molecule has 2 aromatic rings. The fourth-order valence-corrected chi connectivity index (χ4v) is 2.79. The van der Waals surface area contributed by atoms with Crippen LogP contribution in [0.3, 0.4) is 0 Å². The molecule has 0 saturated heterocycles. The van der Waals surface area contributed by atoms with E-state index in [0.717, 1.165) is 16.7 Å². The first-order valence-corrected chi connectivity index (χ1v) is 8.79. The molecule has 2 N–H and O–H groups in total. The number of phenols is 2. The molecule has 3 nitrogen and oxygen atoms in total. The fraction of sp³-hybridized carbons (Fsp3) is 0.348. The number of carbonyl (C=O) groups is 1. The van der Waals surface area contributed by atoms with Crippen molar-refractivity contribution in [3.63, 3.8) is 0 Å². The van der Waals surface area contributed by atoms with Crippen molar-refractivity contribution < 1.29 is 15.0 Å². The smallest absolute Gasteiger partial charge is 0.185 e. The molecule has 0 aliphatic rings. The second-order valence-electron chi connectivity index (χ2n) is 8.71. The van der Waals surface area contributed by atoms with E-state index in [2.05, 4.69) is 41.5 Å². The van der Waals surface area contributed by atoms with Crippen molar-refractivity contribution in [2.45, 2.75) is 52.4 Å². The molecular formula is C23H28O3. The lowest BCUT2D eigenvalue weighted by molar-refractivity contribution is 0.104. The monoisotopic (exact) mass is 352 g/mol. The number of ketones is 1. The predicted octanol–water partition coefficient (Wildman–Crippen LogP) is 5.59. The highest BCUT2D eigenvalue weighted by Crippen LogP contribution is 2.40. The molecule has 0 radical (unpaired) electrons. The van der Waals surface area contributed by atoms with Gasteiger partial charge >= 0.3 is 0 Å². The first-order valence-electron chi connectivity index (χ1n) is 8.79. The van der Waals surface area contributed by atoms with Crippen molar-refractivity contribution in [1.82, 2.24) is 0 Å². The summed E-state index contributed by atoms with van der Waals surface area (Å²) in [6.07, 6.45) is 3.30. The van der Waals surface area contributed by atoms with Gasteiger partial charge in [0.25, 0.3) is 0 Å². The zero-order valence-electron chi connectivity index (χ0n) is 16.4. The summed E-state index contributed by atoms with van der Waals surface area (Å²) in [4.78, 5) is 12.3. The minimum atomic E-state index is -0.213. The zero-order valence-corrected chi connectivity index (χ0v) is 16.4. The van der Waals surface area contributed by atoms with Gasteiger partial charge in [-0.1, -0.05) is 47.6 Å². The van der Waals surface area contributed by atoms with E-state index in [1.807, 2.05) is 12.1 Å². The summed E-state index contributed by atoms with van der Waals surface area (Å²) >= 11 is 0. The Hall–Kier alpha value is -2.55. The SMILES string of the molecule is CC(C)(C)c1cc(/C=C/C(=O)c2ccc(O)cc2)cc(C(C)(C)C)c1O. The van der Waals surface area contributed by atoms with Crippen molar-refractivity contribution in [3.05, 3.63) is 64.7 Å². The largest absolute Gasteiger partial charge is 0.508 e. The van der Waals surface area contributed by atoms with Crippen LogP contribution in [-0.4, -0.2) is 16.0 Å². The molecule has 0 fully saturated rings. The molecule has 2 rings (SSSR count). The average molecular weight is 352 g/mol. The van der Waals surface area contributed by atoms with Crippen molar-refractivity contribution in [1.29, 1.82) is 0 Å². The van der Waals surface area contributed by atoms with Crippen LogP contribution >= 0.6 is 0 Å². The molecule has 0 spiro atoms. The lowest BCUT2D eigenvalue weighted by Crippen LogP contribution is -2.17. The Morgan fingerprint density at radius 3 is 1.73 bits per heavy atom. The maximum Gasteiger partial charge on any atom is 0.185 e. The van der Waals surface area contributed by atoms with E-state index in [9.17, 15) is 15.0 Å². The third kappa shape index (κ3) is 4.54. The first-order chi connectivity index (χ1) is 11.9. The minimum Gasteiger partial charge on any atom is -0.508 e. The van der Waals surface area contributed by atoms with E-state index < -0.39 is 0 Å². The van der Waals surface area contributed by atoms with Crippen LogP contribution in [0.5, 0.6) is 11.5 Å². The summed E-state index contributed by atoms with van der Waals surface area (Å²) in [7, 11) is 0. The quantitative estimate of drug-likeness (QED) is 0.559. The normalized spacial score (nSPS) is 12.5. The lowest BCUT2D eigenvalue weighted by Gasteiger charge is -2.27. The van der Waals surface area contributed by atoms with Crippen LogP contribution in [0.25, 0.3) is 6.08 Å². The topological polar surface area (TPSA) is 57.5 Å². The lowest BCUT2D eigenvalue weighted by atomic mass is 9.78. The predicted molar refractivity (Wildman–Crippen MR) is 107 cm³/mol. The van der Waals surface area contributed by atoms with Crippen LogP contribution in [0, 0.1) is 0 Å². The van der Waals surface area contributed by atoms with E-state index in [1.165, 1.54) is 18.2 Å². The summed E-state index contributed by atoms with van der Waals surface area (Å²) < 4.78 is 0. The van der Waals surface area contributed by atoms with Gasteiger partial charge in [-0.05, 0) is 58.9 Å². The van der Waals surface area contributed by atoms with Gasteiger partial charge in [0.05, 0.1) is 0 Å². The molecule has 0 saturated carbocycles. The molecule has 0 unspecified atom stereocenters. The molecular weight excluding hydrogens is 324 g/mol. The number of hydrogen-bond donors (Lipinski definition) is 2. The van der Waals surface area contributed by atoms with Gasteiger partial charge in [-0.15, -0.1) is 0 Å². The zero-order chi connectivity index (χ0) is 19.7. The fourth-order valence-electron chi connectivity index (χ4n) is 2.79. The number of rotatable bonds is 3. The van der Waals surface area contributed by atoms with Crippen molar-refractivity contribution >= 4 is 11.9 Å². The number of hydrogen-bond acceptors (Lipinski definition) is 3. The van der Waals surface area contributed by atoms with Crippen molar-refractivity contribution in [2.75, 3.05) is 0 Å². The Bertz CT molecular complexity index is 794. The van der Waals surface area contributed by atoms with E-state index >= 15 is 0 Å². The van der Waals surface area contributed by atoms with Gasteiger partial charge < -0.3 is 10.2 Å². The van der Waals surface area contributed by atoms with Gasteiger partial charge in [-0.25, -0.2) is 0 Å². The van der Waals surface area contributed by atoms with Crippen LogP contribution in [0.1, 0.15) is 68.6 Å². The van der Waals surface area contributed by atoms with Gasteiger partial charge in [-0.3, -0.25) is 4.79 Å². The molecule has 0 amide bonds. The number of allylic oxidation sites excluding steroid dienone is 1. The minimum absolute atomic E-state index is 0.132. The summed E-state index contributed by atoms with van der Waals surface area (Å²) in [6.45, 7) is 12.4. The molecule has 0 bridgehead atoms. The molecule has 3 heteroatoms. The number of carbonyl (C=O) groups excluding carboxylic acids is 1. The summed E-state index contributed by atoms with van der Waals surface area (Å²) in [5.41, 5.74) is 2.70. The summed E-state index contributed by atoms with van der Waals surface area (Å²) in [5, 5.41) is 20.1. The van der Waals surface area contributed by atoms with E-state index in [-0.39, 0.29) is 22.4 Å². The van der Waals surface area contributed by atoms with E-state index in [4.69, 9.17) is 0 Å². The maximum absolute atomic E-state index is 12.3. The summed E-state index contributed by atoms with van der Waals surface area (Å²) in [6, 6.07) is 10.1. The summed E-state index contributed by atoms with van der Waals surface area (Å²) in [5.74, 6) is 0.327. The van der Waals surface area contributed by atoms with Crippen LogP contribution in [-0.2, 0) is 10.8 Å². The highest BCUT2D eigenvalue weighted by molar-refractivity contribution is 6.06. The third-order valence-corrected chi connectivity index (χ3v) is 4.33. The maximum atomic E-state index is 12.3. The second kappa shape index (κ2) is 6.99. The molecule has 2 aromatic carbocycles. The van der Waals surface area contributed by atoms with Crippen LogP contribution in [0.4, 0.5) is 0 Å². The van der Waals surface area contributed by atoms with Gasteiger partial charge in [-0.2, -0.15) is 0 Å². The molecule has 26 heavy (non-hydrogen) atoms. The Balaban J connectivity index is 2.45. The van der Waals surface area contributed by atoms with E-state index in [0.29, 0.717) is 11.3 Å². The van der Waals surface area contributed by atoms with Crippen molar-refractivity contribution in [3.8, 4) is 11.5 Å². The Morgan fingerprint density at radius 2 is 1.31 bits per heavy atom. The number of aromatic hydroxyl groups is 2. The first kappa shape index (κ1) is 19.8.